The molecule has 0 saturated carbocycles. The first kappa shape index (κ1) is 18.9. The topological polar surface area (TPSA) is 58.5 Å². The number of rotatable bonds is 9. The van der Waals surface area contributed by atoms with Gasteiger partial charge in [-0.05, 0) is 30.5 Å². The molecule has 0 amide bonds. The largest absolute Gasteiger partial charge is 0.376 e. The number of hydrogen-bond donors (Lipinski definition) is 2. The van der Waals surface area contributed by atoms with Crippen LogP contribution in [0.4, 0.5) is 0 Å². The van der Waals surface area contributed by atoms with Crippen LogP contribution in [0.25, 0.3) is 0 Å². The average molecular weight is 340 g/mol. The van der Waals surface area contributed by atoms with Gasteiger partial charge in [0, 0.05) is 19.3 Å². The molecule has 0 saturated heterocycles. The number of aromatic nitrogens is 1. The molecule has 2 N–H and O–H groups in total. The Morgan fingerprint density at radius 1 is 1.12 bits per heavy atom. The van der Waals surface area contributed by atoms with Crippen LogP contribution in [0.1, 0.15) is 25.1 Å². The maximum Gasteiger partial charge on any atom is 0.191 e. The van der Waals surface area contributed by atoms with Gasteiger partial charge in [-0.15, -0.1) is 0 Å². The normalized spacial score (nSPS) is 12.6. The second-order valence-electron chi connectivity index (χ2n) is 6.00. The van der Waals surface area contributed by atoms with E-state index >= 15 is 0 Å². The molecule has 2 rings (SSSR count). The maximum atomic E-state index is 5.79. The van der Waals surface area contributed by atoms with Crippen molar-refractivity contribution >= 4 is 5.96 Å². The molecule has 0 fully saturated rings. The zero-order valence-electron chi connectivity index (χ0n) is 15.1. The molecular formula is C20H28N4O. The first-order chi connectivity index (χ1) is 12.3. The Labute approximate surface area is 150 Å². The minimum absolute atomic E-state index is 0.391. The highest BCUT2D eigenvalue weighted by Gasteiger charge is 2.05. The number of pyridine rings is 1. The molecule has 1 aromatic heterocycles. The van der Waals surface area contributed by atoms with Gasteiger partial charge in [0.1, 0.15) is 0 Å². The highest BCUT2D eigenvalue weighted by molar-refractivity contribution is 5.79. The third-order valence-electron chi connectivity index (χ3n) is 3.60. The fourth-order valence-electron chi connectivity index (χ4n) is 2.28. The van der Waals surface area contributed by atoms with Gasteiger partial charge in [-0.3, -0.25) is 4.98 Å². The van der Waals surface area contributed by atoms with Crippen molar-refractivity contribution in [2.45, 2.75) is 27.0 Å². The molecule has 1 heterocycles. The number of nitrogens with zero attached hydrogens (tertiary/aromatic N) is 2. The van der Waals surface area contributed by atoms with Crippen LogP contribution in [-0.2, 0) is 17.9 Å². The first-order valence-corrected chi connectivity index (χ1v) is 8.81. The quantitative estimate of drug-likeness (QED) is 0.544. The molecule has 1 aromatic carbocycles. The third-order valence-corrected chi connectivity index (χ3v) is 3.60. The lowest BCUT2D eigenvalue weighted by atomic mass is 10.2. The smallest absolute Gasteiger partial charge is 0.191 e. The van der Waals surface area contributed by atoms with E-state index in [1.807, 2.05) is 36.4 Å². The molecule has 1 unspecified atom stereocenters. The maximum absolute atomic E-state index is 5.79. The van der Waals surface area contributed by atoms with Crippen LogP contribution in [0, 0.1) is 5.92 Å². The van der Waals surface area contributed by atoms with Crippen molar-refractivity contribution in [3.05, 3.63) is 66.0 Å². The minimum atomic E-state index is 0.391. The summed E-state index contributed by atoms with van der Waals surface area (Å²) in [6, 6.07) is 16.1. The molecule has 0 bridgehead atoms. The number of aliphatic imine (C=N–C) groups is 1. The van der Waals surface area contributed by atoms with Gasteiger partial charge in [-0.25, -0.2) is 4.99 Å². The van der Waals surface area contributed by atoms with Crippen LogP contribution in [0.2, 0.25) is 0 Å². The van der Waals surface area contributed by atoms with Crippen molar-refractivity contribution < 1.29 is 4.74 Å². The van der Waals surface area contributed by atoms with Gasteiger partial charge < -0.3 is 15.4 Å². The lowest BCUT2D eigenvalue weighted by molar-refractivity contribution is 0.0931. The monoisotopic (exact) mass is 340 g/mol. The number of guanidine groups is 1. The Morgan fingerprint density at radius 2 is 1.92 bits per heavy atom. The number of hydrogen-bond acceptors (Lipinski definition) is 3. The van der Waals surface area contributed by atoms with Crippen molar-refractivity contribution in [3.63, 3.8) is 0 Å². The summed E-state index contributed by atoms with van der Waals surface area (Å²) in [5.41, 5.74) is 2.16. The standard InChI is InChI=1S/C20H28N4O/c1-3-21-20(24-14-19-11-7-8-12-22-19)23-13-17(2)15-25-16-18-9-5-4-6-10-18/h4-12,17H,3,13-16H2,1-2H3,(H2,21,23,24). The van der Waals surface area contributed by atoms with Crippen LogP contribution in [-0.4, -0.2) is 30.6 Å². The second-order valence-corrected chi connectivity index (χ2v) is 6.00. The summed E-state index contributed by atoms with van der Waals surface area (Å²) < 4.78 is 5.79. The molecule has 0 aliphatic carbocycles. The second kappa shape index (κ2) is 11.2. The van der Waals surface area contributed by atoms with Crippen molar-refractivity contribution in [3.8, 4) is 0 Å². The van der Waals surface area contributed by atoms with E-state index in [1.54, 1.807) is 6.20 Å². The zero-order chi connectivity index (χ0) is 17.7. The lowest BCUT2D eigenvalue weighted by Gasteiger charge is -2.16. The summed E-state index contributed by atoms with van der Waals surface area (Å²) in [6.45, 7) is 7.79. The predicted molar refractivity (Wildman–Crippen MR) is 102 cm³/mol. The van der Waals surface area contributed by atoms with E-state index < -0.39 is 0 Å². The van der Waals surface area contributed by atoms with Crippen LogP contribution in [0.5, 0.6) is 0 Å². The lowest BCUT2D eigenvalue weighted by Crippen LogP contribution is -2.40. The predicted octanol–water partition coefficient (Wildman–Crippen LogP) is 2.99. The summed E-state index contributed by atoms with van der Waals surface area (Å²) in [5.74, 6) is 1.20. The minimum Gasteiger partial charge on any atom is -0.376 e. The highest BCUT2D eigenvalue weighted by Crippen LogP contribution is 2.03. The SMILES string of the molecule is CCNC(=NCc1ccccn1)NCC(C)COCc1ccccc1. The van der Waals surface area contributed by atoms with Crippen molar-refractivity contribution in [2.75, 3.05) is 19.7 Å². The fraction of sp³-hybridized carbons (Fsp3) is 0.400. The summed E-state index contributed by atoms with van der Waals surface area (Å²) in [7, 11) is 0. The van der Waals surface area contributed by atoms with Gasteiger partial charge in [-0.2, -0.15) is 0 Å². The van der Waals surface area contributed by atoms with Crippen LogP contribution in [0.15, 0.2) is 59.7 Å². The van der Waals surface area contributed by atoms with E-state index in [9.17, 15) is 0 Å². The Balaban J connectivity index is 1.71. The zero-order valence-corrected chi connectivity index (χ0v) is 15.1. The van der Waals surface area contributed by atoms with Gasteiger partial charge in [0.2, 0.25) is 0 Å². The fourth-order valence-corrected chi connectivity index (χ4v) is 2.28. The molecule has 0 spiro atoms. The van der Waals surface area contributed by atoms with E-state index in [-0.39, 0.29) is 0 Å². The van der Waals surface area contributed by atoms with Gasteiger partial charge in [0.15, 0.2) is 5.96 Å². The van der Waals surface area contributed by atoms with Crippen molar-refractivity contribution in [2.24, 2.45) is 10.9 Å². The van der Waals surface area contributed by atoms with E-state index in [4.69, 9.17) is 4.74 Å². The summed E-state index contributed by atoms with van der Waals surface area (Å²) in [6.07, 6.45) is 1.79. The number of benzene rings is 1. The van der Waals surface area contributed by atoms with E-state index in [1.165, 1.54) is 5.56 Å². The van der Waals surface area contributed by atoms with E-state index in [2.05, 4.69) is 46.6 Å². The number of nitrogens with one attached hydrogen (secondary N) is 2. The van der Waals surface area contributed by atoms with Crippen molar-refractivity contribution in [1.82, 2.24) is 15.6 Å². The molecule has 5 heteroatoms. The van der Waals surface area contributed by atoms with Gasteiger partial charge in [-0.1, -0.05) is 43.3 Å². The Hall–Kier alpha value is -2.40. The van der Waals surface area contributed by atoms with Gasteiger partial charge >= 0.3 is 0 Å². The van der Waals surface area contributed by atoms with Crippen LogP contribution >= 0.6 is 0 Å². The first-order valence-electron chi connectivity index (χ1n) is 8.81. The van der Waals surface area contributed by atoms with E-state index in [0.717, 1.165) is 24.7 Å². The molecule has 134 valence electrons. The Morgan fingerprint density at radius 3 is 2.64 bits per heavy atom. The molecule has 1 atom stereocenters. The molecule has 0 radical (unpaired) electrons. The van der Waals surface area contributed by atoms with Gasteiger partial charge in [0.25, 0.3) is 0 Å². The molecule has 0 aliphatic heterocycles. The summed E-state index contributed by atoms with van der Waals surface area (Å²) in [4.78, 5) is 8.87. The Bertz CT molecular complexity index is 616. The number of ether oxygens (including phenoxy) is 1. The Kier molecular flexibility index (Phi) is 8.49. The molecular weight excluding hydrogens is 312 g/mol. The van der Waals surface area contributed by atoms with Gasteiger partial charge in [0.05, 0.1) is 25.5 Å². The molecule has 2 aromatic rings. The summed E-state index contributed by atoms with van der Waals surface area (Å²) >= 11 is 0. The summed E-state index contributed by atoms with van der Waals surface area (Å²) in [5, 5.41) is 6.63. The highest BCUT2D eigenvalue weighted by atomic mass is 16.5. The van der Waals surface area contributed by atoms with E-state index in [0.29, 0.717) is 25.7 Å². The van der Waals surface area contributed by atoms with Crippen LogP contribution in [0.3, 0.4) is 0 Å². The molecule has 5 nitrogen and oxygen atoms in total. The van der Waals surface area contributed by atoms with Crippen LogP contribution < -0.4 is 10.6 Å². The van der Waals surface area contributed by atoms with Crippen molar-refractivity contribution in [1.29, 1.82) is 0 Å². The molecule has 25 heavy (non-hydrogen) atoms. The molecule has 0 aliphatic rings. The average Bonchev–Trinajstić information content (AvgIpc) is 2.66. The third kappa shape index (κ3) is 7.81.